The maximum absolute atomic E-state index is 10.8. The molecule has 1 heterocycles. The topological polar surface area (TPSA) is 47.0 Å². The summed E-state index contributed by atoms with van der Waals surface area (Å²) in [6.07, 6.45) is 0. The zero-order valence-electron chi connectivity index (χ0n) is 6.08. The van der Waals surface area contributed by atoms with Crippen LogP contribution in [0.2, 0.25) is 5.15 Å². The van der Waals surface area contributed by atoms with Crippen LogP contribution in [0.4, 0.5) is 0 Å². The molecule has 12 heavy (non-hydrogen) atoms. The van der Waals surface area contributed by atoms with Gasteiger partial charge < -0.3 is 0 Å². The van der Waals surface area contributed by atoms with E-state index < -0.39 is 9.05 Å². The van der Waals surface area contributed by atoms with E-state index in [0.717, 1.165) is 0 Å². The van der Waals surface area contributed by atoms with Gasteiger partial charge in [0.25, 0.3) is 9.05 Å². The Morgan fingerprint density at radius 2 is 2.00 bits per heavy atom. The van der Waals surface area contributed by atoms with E-state index in [-0.39, 0.29) is 10.0 Å². The molecule has 0 atom stereocenters. The van der Waals surface area contributed by atoms with E-state index >= 15 is 0 Å². The van der Waals surface area contributed by atoms with Gasteiger partial charge in [0.15, 0.2) is 0 Å². The molecule has 1 aromatic heterocycles. The van der Waals surface area contributed by atoms with E-state index in [1.165, 1.54) is 12.1 Å². The second-order valence-corrected chi connectivity index (χ2v) is 5.16. The number of aryl methyl sites for hydroxylation is 1. The molecule has 0 saturated heterocycles. The summed E-state index contributed by atoms with van der Waals surface area (Å²) < 4.78 is 21.6. The molecule has 1 aromatic rings. The molecule has 0 N–H and O–H groups in total. The Balaban J connectivity index is 3.37. The van der Waals surface area contributed by atoms with Crippen molar-refractivity contribution in [1.29, 1.82) is 0 Å². The number of hydrogen-bond donors (Lipinski definition) is 0. The van der Waals surface area contributed by atoms with Gasteiger partial charge in [-0.1, -0.05) is 11.6 Å². The lowest BCUT2D eigenvalue weighted by molar-refractivity contribution is 0.609. The highest BCUT2D eigenvalue weighted by molar-refractivity contribution is 8.13. The second-order valence-electron chi connectivity index (χ2n) is 2.20. The van der Waals surface area contributed by atoms with Gasteiger partial charge in [0.05, 0.1) is 4.90 Å². The standard InChI is InChI=1S/C6H5Cl2NO2S/c1-4-2-5(12(8,10)11)3-6(7)9-4/h2-3H,1H3. The average molecular weight is 226 g/mol. The smallest absolute Gasteiger partial charge is 0.241 e. The van der Waals surface area contributed by atoms with E-state index in [4.69, 9.17) is 22.3 Å². The van der Waals surface area contributed by atoms with Gasteiger partial charge in [-0.3, -0.25) is 0 Å². The van der Waals surface area contributed by atoms with Crippen LogP contribution in [-0.4, -0.2) is 13.4 Å². The predicted molar refractivity (Wildman–Crippen MR) is 47.0 cm³/mol. The highest BCUT2D eigenvalue weighted by atomic mass is 35.7. The lowest BCUT2D eigenvalue weighted by Crippen LogP contribution is -1.93. The summed E-state index contributed by atoms with van der Waals surface area (Å²) in [5.41, 5.74) is 0.515. The van der Waals surface area contributed by atoms with Crippen LogP contribution in [0.3, 0.4) is 0 Å². The Morgan fingerprint density at radius 3 is 2.42 bits per heavy atom. The molecule has 0 aliphatic rings. The van der Waals surface area contributed by atoms with Crippen molar-refractivity contribution in [1.82, 2.24) is 4.98 Å². The van der Waals surface area contributed by atoms with Crippen LogP contribution in [0.5, 0.6) is 0 Å². The van der Waals surface area contributed by atoms with Gasteiger partial charge in [0.1, 0.15) is 5.15 Å². The maximum atomic E-state index is 10.8. The summed E-state index contributed by atoms with van der Waals surface area (Å²) in [7, 11) is 1.39. The van der Waals surface area contributed by atoms with Crippen LogP contribution in [0.15, 0.2) is 17.0 Å². The molecule has 6 heteroatoms. The van der Waals surface area contributed by atoms with Crippen molar-refractivity contribution in [2.24, 2.45) is 0 Å². The molecular weight excluding hydrogens is 221 g/mol. The molecule has 1 rings (SSSR count). The first kappa shape index (κ1) is 9.77. The highest BCUT2D eigenvalue weighted by Gasteiger charge is 2.11. The van der Waals surface area contributed by atoms with Crippen LogP contribution < -0.4 is 0 Å². The molecule has 0 amide bonds. The van der Waals surface area contributed by atoms with Crippen LogP contribution in [0.1, 0.15) is 5.69 Å². The fraction of sp³-hybridized carbons (Fsp3) is 0.167. The van der Waals surface area contributed by atoms with Crippen molar-refractivity contribution < 1.29 is 8.42 Å². The SMILES string of the molecule is Cc1cc(S(=O)(=O)Cl)cc(Cl)n1. The van der Waals surface area contributed by atoms with E-state index in [9.17, 15) is 8.42 Å². The Hall–Kier alpha value is -0.320. The van der Waals surface area contributed by atoms with E-state index in [1.807, 2.05) is 0 Å². The number of aromatic nitrogens is 1. The van der Waals surface area contributed by atoms with Crippen LogP contribution in [0.25, 0.3) is 0 Å². The van der Waals surface area contributed by atoms with Crippen LogP contribution in [-0.2, 0) is 9.05 Å². The Kier molecular flexibility index (Phi) is 2.61. The van der Waals surface area contributed by atoms with Gasteiger partial charge in [0.2, 0.25) is 0 Å². The normalized spacial score (nSPS) is 11.6. The van der Waals surface area contributed by atoms with Crippen molar-refractivity contribution in [3.63, 3.8) is 0 Å². The molecule has 0 aliphatic heterocycles. The minimum absolute atomic E-state index is 0.0262. The molecular formula is C6H5Cl2NO2S. The lowest BCUT2D eigenvalue weighted by Gasteiger charge is -1.97. The average Bonchev–Trinajstić information content (AvgIpc) is 1.82. The number of pyridine rings is 1. The monoisotopic (exact) mass is 225 g/mol. The van der Waals surface area contributed by atoms with Crippen LogP contribution in [0, 0.1) is 6.92 Å². The third kappa shape index (κ3) is 2.33. The fourth-order valence-electron chi connectivity index (χ4n) is 0.739. The molecule has 66 valence electrons. The molecule has 0 aliphatic carbocycles. The third-order valence-electron chi connectivity index (χ3n) is 1.18. The zero-order chi connectivity index (χ0) is 9.35. The van der Waals surface area contributed by atoms with Gasteiger partial charge in [0, 0.05) is 16.4 Å². The van der Waals surface area contributed by atoms with E-state index in [1.54, 1.807) is 6.92 Å². The summed E-state index contributed by atoms with van der Waals surface area (Å²) in [6.45, 7) is 1.64. The van der Waals surface area contributed by atoms with Crippen molar-refractivity contribution >= 4 is 31.3 Å². The number of halogens is 2. The third-order valence-corrected chi connectivity index (χ3v) is 2.70. The first-order chi connectivity index (χ1) is 5.39. The van der Waals surface area contributed by atoms with Gasteiger partial charge in [-0.15, -0.1) is 0 Å². The van der Waals surface area contributed by atoms with E-state index in [2.05, 4.69) is 4.98 Å². The summed E-state index contributed by atoms with van der Waals surface area (Å²) in [5.74, 6) is 0. The summed E-state index contributed by atoms with van der Waals surface area (Å²) in [4.78, 5) is 3.76. The van der Waals surface area contributed by atoms with Crippen molar-refractivity contribution in [2.75, 3.05) is 0 Å². The Bertz CT molecular complexity index is 382. The first-order valence-corrected chi connectivity index (χ1v) is 5.67. The number of rotatable bonds is 1. The van der Waals surface area contributed by atoms with Crippen LogP contribution >= 0.6 is 22.3 Å². The molecule has 0 bridgehead atoms. The number of hydrogen-bond acceptors (Lipinski definition) is 3. The molecule has 3 nitrogen and oxygen atoms in total. The molecule has 0 aromatic carbocycles. The predicted octanol–water partition coefficient (Wildman–Crippen LogP) is 1.97. The van der Waals surface area contributed by atoms with Gasteiger partial charge in [-0.05, 0) is 19.1 Å². The molecule has 0 radical (unpaired) electrons. The molecule has 0 fully saturated rings. The first-order valence-electron chi connectivity index (χ1n) is 2.98. The number of nitrogens with zero attached hydrogens (tertiary/aromatic N) is 1. The molecule has 0 spiro atoms. The van der Waals surface area contributed by atoms with Crippen molar-refractivity contribution in [3.8, 4) is 0 Å². The van der Waals surface area contributed by atoms with Crippen molar-refractivity contribution in [3.05, 3.63) is 23.0 Å². The van der Waals surface area contributed by atoms with Crippen molar-refractivity contribution in [2.45, 2.75) is 11.8 Å². The van der Waals surface area contributed by atoms with E-state index in [0.29, 0.717) is 5.69 Å². The summed E-state index contributed by atoms with van der Waals surface area (Å²) in [5, 5.41) is 0.120. The minimum Gasteiger partial charge on any atom is -0.241 e. The molecule has 0 unspecified atom stereocenters. The highest BCUT2D eigenvalue weighted by Crippen LogP contribution is 2.18. The molecule has 0 saturated carbocycles. The maximum Gasteiger partial charge on any atom is 0.261 e. The fourth-order valence-corrected chi connectivity index (χ4v) is 1.89. The largest absolute Gasteiger partial charge is 0.261 e. The van der Waals surface area contributed by atoms with Gasteiger partial charge in [-0.25, -0.2) is 13.4 Å². The lowest BCUT2D eigenvalue weighted by atomic mass is 10.4. The minimum atomic E-state index is -3.70. The second kappa shape index (κ2) is 3.20. The Labute approximate surface area is 79.8 Å². The zero-order valence-corrected chi connectivity index (χ0v) is 8.41. The Morgan fingerprint density at radius 1 is 1.42 bits per heavy atom. The van der Waals surface area contributed by atoms with Gasteiger partial charge >= 0.3 is 0 Å². The quantitative estimate of drug-likeness (QED) is 0.543. The summed E-state index contributed by atoms with van der Waals surface area (Å²) >= 11 is 5.52. The summed E-state index contributed by atoms with van der Waals surface area (Å²) in [6, 6.07) is 2.56. The van der Waals surface area contributed by atoms with Gasteiger partial charge in [-0.2, -0.15) is 0 Å².